The molecule has 0 atom stereocenters. The molecule has 0 aromatic heterocycles. The summed E-state index contributed by atoms with van der Waals surface area (Å²) >= 11 is 0. The van der Waals surface area contributed by atoms with E-state index in [0.29, 0.717) is 35.8 Å². The van der Waals surface area contributed by atoms with E-state index in [-0.39, 0.29) is 12.5 Å². The van der Waals surface area contributed by atoms with E-state index in [9.17, 15) is 4.79 Å². The van der Waals surface area contributed by atoms with E-state index in [0.717, 1.165) is 6.42 Å². The molecule has 0 heterocycles. The lowest BCUT2D eigenvalue weighted by molar-refractivity contribution is 0.0952. The largest absolute Gasteiger partial charge is 0.495 e. The summed E-state index contributed by atoms with van der Waals surface area (Å²) in [5.41, 5.74) is 1.22. The Morgan fingerprint density at radius 1 is 1.43 bits per heavy atom. The van der Waals surface area contributed by atoms with Crippen molar-refractivity contribution in [3.63, 3.8) is 0 Å². The molecule has 114 valence electrons. The second kappa shape index (κ2) is 9.04. The summed E-state index contributed by atoms with van der Waals surface area (Å²) in [6.45, 7) is 4.92. The molecule has 1 rings (SSSR count). The Hall–Kier alpha value is -1.99. The van der Waals surface area contributed by atoms with Gasteiger partial charge in [-0.25, -0.2) is 0 Å². The quantitative estimate of drug-likeness (QED) is 0.789. The summed E-state index contributed by atoms with van der Waals surface area (Å²) in [4.78, 5) is 12.1. The molecule has 0 saturated carbocycles. The van der Waals surface area contributed by atoms with Crippen LogP contribution in [0.15, 0.2) is 18.2 Å². The highest BCUT2D eigenvalue weighted by Gasteiger charge is 2.09. The highest BCUT2D eigenvalue weighted by molar-refractivity contribution is 5.94. The number of aliphatic hydroxyl groups excluding tert-OH is 1. The van der Waals surface area contributed by atoms with Crippen molar-refractivity contribution in [2.45, 2.75) is 26.7 Å². The van der Waals surface area contributed by atoms with Crippen molar-refractivity contribution in [1.82, 2.24) is 5.32 Å². The number of carbonyl (C=O) groups excluding carboxylic acids is 1. The maximum atomic E-state index is 12.1. The Morgan fingerprint density at radius 3 is 2.81 bits per heavy atom. The molecule has 1 amide bonds. The first-order valence-corrected chi connectivity index (χ1v) is 7.14. The number of nitrogens with one attached hydrogen (secondary N) is 1. The van der Waals surface area contributed by atoms with Crippen molar-refractivity contribution in [2.75, 3.05) is 20.3 Å². The minimum atomic E-state index is -0.108. The zero-order valence-electron chi connectivity index (χ0n) is 12.9. The molecule has 21 heavy (non-hydrogen) atoms. The molecule has 4 nitrogen and oxygen atoms in total. The Labute approximate surface area is 126 Å². The lowest BCUT2D eigenvalue weighted by Crippen LogP contribution is -2.25. The van der Waals surface area contributed by atoms with Crippen LogP contribution in [0, 0.1) is 17.8 Å². The molecular formula is C17H23NO3. The highest BCUT2D eigenvalue weighted by atomic mass is 16.5. The summed E-state index contributed by atoms with van der Waals surface area (Å²) in [6, 6.07) is 5.18. The molecule has 0 saturated heterocycles. The topological polar surface area (TPSA) is 58.6 Å². The van der Waals surface area contributed by atoms with Crippen molar-refractivity contribution in [3.05, 3.63) is 29.3 Å². The Bertz CT molecular complexity index is 527. The summed E-state index contributed by atoms with van der Waals surface area (Å²) in [7, 11) is 1.56. The number of hydrogen-bond donors (Lipinski definition) is 2. The molecule has 0 radical (unpaired) electrons. The smallest absolute Gasteiger partial charge is 0.251 e. The van der Waals surface area contributed by atoms with Crippen molar-refractivity contribution in [2.24, 2.45) is 5.92 Å². The van der Waals surface area contributed by atoms with Gasteiger partial charge in [-0.2, -0.15) is 0 Å². The van der Waals surface area contributed by atoms with Gasteiger partial charge in [0.25, 0.3) is 5.91 Å². The van der Waals surface area contributed by atoms with Crippen molar-refractivity contribution in [1.29, 1.82) is 0 Å². The summed E-state index contributed by atoms with van der Waals surface area (Å²) in [5.74, 6) is 6.83. The summed E-state index contributed by atoms with van der Waals surface area (Å²) < 4.78 is 5.23. The lowest BCUT2D eigenvalue weighted by Gasteiger charge is -2.09. The molecule has 4 heteroatoms. The maximum absolute atomic E-state index is 12.1. The van der Waals surface area contributed by atoms with Crippen molar-refractivity contribution >= 4 is 5.91 Å². The van der Waals surface area contributed by atoms with E-state index in [1.54, 1.807) is 25.3 Å². The molecule has 0 spiro atoms. The van der Waals surface area contributed by atoms with Crippen LogP contribution in [0.1, 0.15) is 42.6 Å². The molecule has 0 aliphatic carbocycles. The average Bonchev–Trinajstić information content (AvgIpc) is 2.47. The SMILES string of the molecule is COc1ccc(C(=O)NCCC(C)C)cc1C#CCCO. The van der Waals surface area contributed by atoms with Crippen LogP contribution in [-0.4, -0.2) is 31.3 Å². The number of carbonyl (C=O) groups is 1. The van der Waals surface area contributed by atoms with Crippen LogP contribution < -0.4 is 10.1 Å². The van der Waals surface area contributed by atoms with Gasteiger partial charge in [0.2, 0.25) is 0 Å². The first-order valence-electron chi connectivity index (χ1n) is 7.14. The Balaban J connectivity index is 2.82. The molecular weight excluding hydrogens is 266 g/mol. The average molecular weight is 289 g/mol. The lowest BCUT2D eigenvalue weighted by atomic mass is 10.1. The predicted molar refractivity (Wildman–Crippen MR) is 83.4 cm³/mol. The third-order valence-electron chi connectivity index (χ3n) is 2.93. The normalized spacial score (nSPS) is 9.95. The minimum absolute atomic E-state index is 0.0185. The zero-order chi connectivity index (χ0) is 15.7. The van der Waals surface area contributed by atoms with Crippen molar-refractivity contribution < 1.29 is 14.6 Å². The van der Waals surface area contributed by atoms with E-state index >= 15 is 0 Å². The summed E-state index contributed by atoms with van der Waals surface area (Å²) in [6.07, 6.45) is 1.35. The molecule has 0 fully saturated rings. The molecule has 0 aliphatic rings. The molecule has 0 bridgehead atoms. The van der Waals surface area contributed by atoms with Gasteiger partial charge in [-0.15, -0.1) is 0 Å². The van der Waals surface area contributed by atoms with Gasteiger partial charge in [-0.05, 0) is 30.5 Å². The van der Waals surface area contributed by atoms with E-state index in [1.807, 2.05) is 0 Å². The molecule has 0 unspecified atom stereocenters. The Morgan fingerprint density at radius 2 is 2.19 bits per heavy atom. The molecule has 2 N–H and O–H groups in total. The van der Waals surface area contributed by atoms with Crippen LogP contribution in [0.4, 0.5) is 0 Å². The maximum Gasteiger partial charge on any atom is 0.251 e. The first-order chi connectivity index (χ1) is 10.1. The minimum Gasteiger partial charge on any atom is -0.495 e. The van der Waals surface area contributed by atoms with Crippen LogP contribution >= 0.6 is 0 Å². The van der Waals surface area contributed by atoms with Gasteiger partial charge in [0.05, 0.1) is 19.3 Å². The van der Waals surface area contributed by atoms with Crippen LogP contribution in [0.3, 0.4) is 0 Å². The number of aliphatic hydroxyl groups is 1. The standard InChI is InChI=1S/C17H23NO3/c1-13(2)9-10-18-17(20)15-7-8-16(21-3)14(12-15)6-4-5-11-19/h7-8,12-13,19H,5,9-11H2,1-3H3,(H,18,20). The number of amides is 1. The van der Waals surface area contributed by atoms with Gasteiger partial charge in [0, 0.05) is 18.5 Å². The van der Waals surface area contributed by atoms with Gasteiger partial charge in [-0.3, -0.25) is 4.79 Å². The fourth-order valence-corrected chi connectivity index (χ4v) is 1.74. The Kier molecular flexibility index (Phi) is 7.34. The van der Waals surface area contributed by atoms with E-state index in [1.165, 1.54) is 0 Å². The third-order valence-corrected chi connectivity index (χ3v) is 2.93. The van der Waals surface area contributed by atoms with Crippen LogP contribution in [-0.2, 0) is 0 Å². The van der Waals surface area contributed by atoms with Gasteiger partial charge >= 0.3 is 0 Å². The fourth-order valence-electron chi connectivity index (χ4n) is 1.74. The second-order valence-corrected chi connectivity index (χ2v) is 5.13. The van der Waals surface area contributed by atoms with Crippen LogP contribution in [0.25, 0.3) is 0 Å². The monoisotopic (exact) mass is 289 g/mol. The highest BCUT2D eigenvalue weighted by Crippen LogP contribution is 2.19. The van der Waals surface area contributed by atoms with Gasteiger partial charge < -0.3 is 15.2 Å². The zero-order valence-corrected chi connectivity index (χ0v) is 12.9. The molecule has 0 aliphatic heterocycles. The van der Waals surface area contributed by atoms with E-state index in [2.05, 4.69) is 31.0 Å². The number of benzene rings is 1. The van der Waals surface area contributed by atoms with E-state index < -0.39 is 0 Å². The van der Waals surface area contributed by atoms with E-state index in [4.69, 9.17) is 9.84 Å². The van der Waals surface area contributed by atoms with Gasteiger partial charge in [-0.1, -0.05) is 25.7 Å². The van der Waals surface area contributed by atoms with Crippen LogP contribution in [0.5, 0.6) is 5.75 Å². The van der Waals surface area contributed by atoms with Gasteiger partial charge in [0.15, 0.2) is 0 Å². The summed E-state index contributed by atoms with van der Waals surface area (Å²) in [5, 5.41) is 11.7. The number of methoxy groups -OCH3 is 1. The first kappa shape index (κ1) is 17.1. The number of hydrogen-bond acceptors (Lipinski definition) is 3. The van der Waals surface area contributed by atoms with Crippen LogP contribution in [0.2, 0.25) is 0 Å². The van der Waals surface area contributed by atoms with Gasteiger partial charge in [0.1, 0.15) is 5.75 Å². The fraction of sp³-hybridized carbons (Fsp3) is 0.471. The second-order valence-electron chi connectivity index (χ2n) is 5.13. The van der Waals surface area contributed by atoms with Crippen molar-refractivity contribution in [3.8, 4) is 17.6 Å². The number of ether oxygens (including phenoxy) is 1. The third kappa shape index (κ3) is 5.88. The molecule has 1 aromatic carbocycles. The predicted octanol–water partition coefficient (Wildman–Crippen LogP) is 2.21. The number of rotatable bonds is 6. The molecule has 1 aromatic rings.